The van der Waals surface area contributed by atoms with Gasteiger partial charge >= 0.3 is 5.97 Å². The lowest BCUT2D eigenvalue weighted by molar-refractivity contribution is -0.922. The molecule has 0 aliphatic carbocycles. The van der Waals surface area contributed by atoms with E-state index in [4.69, 9.17) is 13.9 Å². The molecule has 0 radical (unpaired) electrons. The Morgan fingerprint density at radius 2 is 2.09 bits per heavy atom. The van der Waals surface area contributed by atoms with Gasteiger partial charge in [-0.2, -0.15) is 0 Å². The summed E-state index contributed by atoms with van der Waals surface area (Å²) in [5.74, 6) is 0.301. The molecule has 1 saturated heterocycles. The quantitative estimate of drug-likeness (QED) is 0.614. The zero-order chi connectivity index (χ0) is 15.5. The largest absolute Gasteiger partial charge is 1.00 e. The van der Waals surface area contributed by atoms with Crippen LogP contribution in [0.1, 0.15) is 23.0 Å². The summed E-state index contributed by atoms with van der Waals surface area (Å²) in [5.41, 5.74) is 1.01. The minimum Gasteiger partial charge on any atom is -1.00 e. The highest BCUT2D eigenvalue weighted by atomic mass is 35.5. The Morgan fingerprint density at radius 3 is 2.78 bits per heavy atom. The smallest absolute Gasteiger partial charge is 0.342 e. The van der Waals surface area contributed by atoms with Gasteiger partial charge in [0.15, 0.2) is 5.76 Å². The SMILES string of the molecule is CCOC(=O)c1c(C[NH+]2CCOCC2)oc2ccc(O)cc12.[Cl-]. The number of phenols is 1. The van der Waals surface area contributed by atoms with Crippen molar-refractivity contribution < 1.29 is 41.1 Å². The van der Waals surface area contributed by atoms with Gasteiger partial charge < -0.3 is 36.3 Å². The first-order chi connectivity index (χ1) is 10.7. The molecule has 0 saturated carbocycles. The van der Waals surface area contributed by atoms with Crippen molar-refractivity contribution in [3.8, 4) is 5.75 Å². The first-order valence-electron chi connectivity index (χ1n) is 7.52. The number of morpholine rings is 1. The standard InChI is InChI=1S/C16H19NO5.ClH/c1-2-21-16(19)15-12-9-11(18)3-4-13(12)22-14(15)10-17-5-7-20-8-6-17;/h3-4,9,18H,2,5-8,10H2,1H3;1H. The van der Waals surface area contributed by atoms with Crippen LogP contribution < -0.4 is 17.3 Å². The average Bonchev–Trinajstić information content (AvgIpc) is 2.85. The van der Waals surface area contributed by atoms with Crippen LogP contribution in [0.2, 0.25) is 0 Å². The first-order valence-corrected chi connectivity index (χ1v) is 7.52. The molecule has 23 heavy (non-hydrogen) atoms. The molecule has 3 rings (SSSR count). The highest BCUT2D eigenvalue weighted by Crippen LogP contribution is 2.29. The Labute approximate surface area is 140 Å². The molecule has 1 aliphatic rings. The van der Waals surface area contributed by atoms with Crippen molar-refractivity contribution in [1.82, 2.24) is 0 Å². The van der Waals surface area contributed by atoms with Crippen LogP contribution in [0.5, 0.6) is 5.75 Å². The summed E-state index contributed by atoms with van der Waals surface area (Å²) in [5, 5.41) is 10.3. The number of aromatic hydroxyl groups is 1. The third kappa shape index (κ3) is 3.77. The molecule has 0 unspecified atom stereocenters. The molecular weight excluding hydrogens is 322 g/mol. The molecule has 1 aliphatic heterocycles. The predicted octanol–water partition coefficient (Wildman–Crippen LogP) is -2.27. The van der Waals surface area contributed by atoms with Gasteiger partial charge in [0.05, 0.1) is 19.8 Å². The second kappa shape index (κ2) is 7.68. The van der Waals surface area contributed by atoms with E-state index < -0.39 is 5.97 Å². The summed E-state index contributed by atoms with van der Waals surface area (Å²) in [7, 11) is 0. The number of hydrogen-bond acceptors (Lipinski definition) is 5. The van der Waals surface area contributed by atoms with E-state index in [0.717, 1.165) is 13.1 Å². The number of ether oxygens (including phenoxy) is 2. The molecule has 1 aromatic carbocycles. The number of halogens is 1. The van der Waals surface area contributed by atoms with Crippen LogP contribution in [0.15, 0.2) is 22.6 Å². The van der Waals surface area contributed by atoms with E-state index in [9.17, 15) is 9.90 Å². The predicted molar refractivity (Wildman–Crippen MR) is 79.1 cm³/mol. The zero-order valence-electron chi connectivity index (χ0n) is 12.9. The van der Waals surface area contributed by atoms with Gasteiger partial charge in [0, 0.05) is 5.39 Å². The average molecular weight is 342 g/mol. The molecule has 0 amide bonds. The molecule has 2 heterocycles. The molecule has 0 atom stereocenters. The minimum absolute atomic E-state index is 0. The van der Waals surface area contributed by atoms with Crippen LogP contribution in [0.3, 0.4) is 0 Å². The number of benzene rings is 1. The van der Waals surface area contributed by atoms with Crippen LogP contribution in [-0.4, -0.2) is 44.0 Å². The molecule has 2 aromatic rings. The maximum Gasteiger partial charge on any atom is 0.342 e. The van der Waals surface area contributed by atoms with Crippen molar-refractivity contribution in [2.75, 3.05) is 32.9 Å². The minimum atomic E-state index is -0.408. The van der Waals surface area contributed by atoms with E-state index in [1.165, 1.54) is 4.90 Å². The Balaban J connectivity index is 0.00000192. The Kier molecular flexibility index (Phi) is 5.87. The monoisotopic (exact) mass is 341 g/mol. The van der Waals surface area contributed by atoms with E-state index in [-0.39, 0.29) is 18.2 Å². The molecule has 1 aromatic heterocycles. The van der Waals surface area contributed by atoms with Crippen molar-refractivity contribution in [3.63, 3.8) is 0 Å². The number of esters is 1. The lowest BCUT2D eigenvalue weighted by Crippen LogP contribution is -3.12. The van der Waals surface area contributed by atoms with E-state index >= 15 is 0 Å². The topological polar surface area (TPSA) is 73.3 Å². The second-order valence-electron chi connectivity index (χ2n) is 5.34. The molecule has 6 nitrogen and oxygen atoms in total. The number of carbonyl (C=O) groups is 1. The molecule has 126 valence electrons. The Hall–Kier alpha value is -1.76. The summed E-state index contributed by atoms with van der Waals surface area (Å²) in [6.07, 6.45) is 0. The fraction of sp³-hybridized carbons (Fsp3) is 0.438. The van der Waals surface area contributed by atoms with Gasteiger partial charge in [0.1, 0.15) is 36.5 Å². The van der Waals surface area contributed by atoms with Crippen LogP contribution in [0, 0.1) is 0 Å². The highest BCUT2D eigenvalue weighted by Gasteiger charge is 2.26. The van der Waals surface area contributed by atoms with Crippen LogP contribution in [-0.2, 0) is 16.0 Å². The number of furan rings is 1. The van der Waals surface area contributed by atoms with E-state index in [0.29, 0.717) is 48.7 Å². The van der Waals surface area contributed by atoms with Gasteiger partial charge in [-0.1, -0.05) is 0 Å². The van der Waals surface area contributed by atoms with E-state index in [1.807, 2.05) is 0 Å². The third-order valence-electron chi connectivity index (χ3n) is 3.83. The van der Waals surface area contributed by atoms with Gasteiger partial charge in [0.25, 0.3) is 0 Å². The summed E-state index contributed by atoms with van der Waals surface area (Å²) < 4.78 is 16.4. The third-order valence-corrected chi connectivity index (χ3v) is 3.83. The highest BCUT2D eigenvalue weighted by molar-refractivity contribution is 6.04. The van der Waals surface area contributed by atoms with Gasteiger partial charge in [-0.15, -0.1) is 0 Å². The number of phenolic OH excluding ortho intramolecular Hbond substituents is 1. The Bertz CT molecular complexity index is 678. The van der Waals surface area contributed by atoms with Crippen molar-refractivity contribution >= 4 is 16.9 Å². The lowest BCUT2D eigenvalue weighted by atomic mass is 10.1. The number of hydrogen-bond donors (Lipinski definition) is 2. The molecular formula is C16H20ClNO5. The molecule has 7 heteroatoms. The van der Waals surface area contributed by atoms with Crippen LogP contribution >= 0.6 is 0 Å². The molecule has 2 N–H and O–H groups in total. The number of rotatable bonds is 4. The van der Waals surface area contributed by atoms with Gasteiger partial charge in [0.2, 0.25) is 0 Å². The van der Waals surface area contributed by atoms with Crippen molar-refractivity contribution in [3.05, 3.63) is 29.5 Å². The molecule has 1 fully saturated rings. The number of nitrogens with one attached hydrogen (secondary N) is 1. The van der Waals surface area contributed by atoms with E-state index in [2.05, 4.69) is 0 Å². The van der Waals surface area contributed by atoms with E-state index in [1.54, 1.807) is 25.1 Å². The normalized spacial score (nSPS) is 15.3. The Morgan fingerprint density at radius 1 is 1.35 bits per heavy atom. The summed E-state index contributed by atoms with van der Waals surface area (Å²) in [4.78, 5) is 13.6. The zero-order valence-corrected chi connectivity index (χ0v) is 13.7. The summed E-state index contributed by atoms with van der Waals surface area (Å²) >= 11 is 0. The number of quaternary nitrogens is 1. The van der Waals surface area contributed by atoms with Gasteiger partial charge in [-0.25, -0.2) is 4.79 Å². The number of carbonyl (C=O) groups excluding carboxylic acids is 1. The maximum atomic E-state index is 12.3. The fourth-order valence-corrected chi connectivity index (χ4v) is 2.75. The van der Waals surface area contributed by atoms with Crippen LogP contribution in [0.25, 0.3) is 11.0 Å². The second-order valence-corrected chi connectivity index (χ2v) is 5.34. The number of fused-ring (bicyclic) bond motifs is 1. The van der Waals surface area contributed by atoms with Crippen molar-refractivity contribution in [2.24, 2.45) is 0 Å². The van der Waals surface area contributed by atoms with Crippen molar-refractivity contribution in [2.45, 2.75) is 13.5 Å². The molecule has 0 bridgehead atoms. The first kappa shape index (κ1) is 17.6. The lowest BCUT2D eigenvalue weighted by Gasteiger charge is -2.23. The van der Waals surface area contributed by atoms with Gasteiger partial charge in [-0.05, 0) is 25.1 Å². The van der Waals surface area contributed by atoms with Crippen molar-refractivity contribution in [1.29, 1.82) is 0 Å². The summed E-state index contributed by atoms with van der Waals surface area (Å²) in [6.45, 7) is 5.86. The van der Waals surface area contributed by atoms with Crippen LogP contribution in [0.4, 0.5) is 0 Å². The fourth-order valence-electron chi connectivity index (χ4n) is 2.75. The molecule has 0 spiro atoms. The summed E-state index contributed by atoms with van der Waals surface area (Å²) in [6, 6.07) is 4.76. The maximum absolute atomic E-state index is 12.3. The van der Waals surface area contributed by atoms with Gasteiger partial charge in [-0.3, -0.25) is 0 Å².